The number of fused-ring (bicyclic) bond motifs is 1. The third kappa shape index (κ3) is 0.360. The van der Waals surface area contributed by atoms with E-state index in [-0.39, 0.29) is 0 Å². The summed E-state index contributed by atoms with van der Waals surface area (Å²) in [5, 5.41) is 0. The van der Waals surface area contributed by atoms with E-state index in [1.807, 2.05) is 0 Å². The molecule has 2 atom stereocenters. The minimum Gasteiger partial charge on any atom is -0.0956 e. The highest BCUT2D eigenvalue weighted by Crippen LogP contribution is 2.56. The summed E-state index contributed by atoms with van der Waals surface area (Å²) in [7, 11) is 0. The maximum Gasteiger partial charge on any atom is -0.0131 e. The summed E-state index contributed by atoms with van der Waals surface area (Å²) in [5.41, 5.74) is 2.65. The topological polar surface area (TPSA) is 0 Å². The first-order valence-electron chi connectivity index (χ1n) is 3.16. The highest BCUT2D eigenvalue weighted by molar-refractivity contribution is 5.39. The third-order valence-corrected chi connectivity index (χ3v) is 2.33. The van der Waals surface area contributed by atoms with Crippen LogP contribution in [-0.2, 0) is 0 Å². The van der Waals surface area contributed by atoms with E-state index in [1.54, 1.807) is 0 Å². The van der Waals surface area contributed by atoms with E-state index < -0.39 is 0 Å². The number of allylic oxidation sites excluding steroid dienone is 2. The number of hydrogen-bond acceptors (Lipinski definition) is 0. The van der Waals surface area contributed by atoms with Crippen molar-refractivity contribution in [2.75, 3.05) is 0 Å². The van der Waals surface area contributed by atoms with E-state index in [1.165, 1.54) is 24.0 Å². The molecule has 2 unspecified atom stereocenters. The molecule has 0 amide bonds. The second kappa shape index (κ2) is 1.07. The summed E-state index contributed by atoms with van der Waals surface area (Å²) < 4.78 is 0. The van der Waals surface area contributed by atoms with Crippen LogP contribution in [0.2, 0.25) is 0 Å². The molecule has 0 spiro atoms. The van der Waals surface area contributed by atoms with E-state index in [2.05, 4.69) is 13.2 Å². The summed E-state index contributed by atoms with van der Waals surface area (Å²) in [6.07, 6.45) is 2.64. The van der Waals surface area contributed by atoms with Gasteiger partial charge in [0.25, 0.3) is 0 Å². The molecular weight excluding hydrogens is 96.1 g/mol. The minimum absolute atomic E-state index is 0.863. The fourth-order valence-corrected chi connectivity index (χ4v) is 1.61. The Balaban J connectivity index is 2.31. The predicted octanol–water partition coefficient (Wildman–Crippen LogP) is 2.14. The maximum absolute atomic E-state index is 3.96. The average Bonchev–Trinajstić information content (AvgIpc) is 2.39. The molecule has 0 aliphatic heterocycles. The molecule has 0 heterocycles. The lowest BCUT2D eigenvalue weighted by atomic mass is 10.1. The number of rotatable bonds is 0. The van der Waals surface area contributed by atoms with Gasteiger partial charge in [-0.15, -0.1) is 0 Å². The van der Waals surface area contributed by atoms with Crippen LogP contribution in [0.3, 0.4) is 0 Å². The van der Waals surface area contributed by atoms with Gasteiger partial charge in [-0.2, -0.15) is 0 Å². The zero-order chi connectivity index (χ0) is 5.72. The molecule has 2 saturated carbocycles. The molecular formula is C8H10. The predicted molar refractivity (Wildman–Crippen MR) is 34.5 cm³/mol. The van der Waals surface area contributed by atoms with Crippen molar-refractivity contribution in [3.63, 3.8) is 0 Å². The Morgan fingerprint density at radius 2 is 2.12 bits per heavy atom. The normalized spacial score (nSPS) is 42.5. The SMILES string of the molecule is C=C1CC2CC2C1=C. The fraction of sp³-hybridized carbons (Fsp3) is 0.500. The van der Waals surface area contributed by atoms with Crippen LogP contribution >= 0.6 is 0 Å². The van der Waals surface area contributed by atoms with E-state index in [9.17, 15) is 0 Å². The molecule has 0 heteroatoms. The van der Waals surface area contributed by atoms with Gasteiger partial charge in [0.1, 0.15) is 0 Å². The third-order valence-electron chi connectivity index (χ3n) is 2.33. The van der Waals surface area contributed by atoms with Crippen LogP contribution in [-0.4, -0.2) is 0 Å². The van der Waals surface area contributed by atoms with Gasteiger partial charge in [-0.25, -0.2) is 0 Å². The van der Waals surface area contributed by atoms with Crippen molar-refractivity contribution >= 4 is 0 Å². The first-order chi connectivity index (χ1) is 3.79. The van der Waals surface area contributed by atoms with Crippen LogP contribution in [0.15, 0.2) is 24.3 Å². The summed E-state index contributed by atoms with van der Waals surface area (Å²) in [6, 6.07) is 0. The van der Waals surface area contributed by atoms with Gasteiger partial charge < -0.3 is 0 Å². The summed E-state index contributed by atoms with van der Waals surface area (Å²) in [5.74, 6) is 1.83. The Morgan fingerprint density at radius 1 is 1.38 bits per heavy atom. The van der Waals surface area contributed by atoms with Gasteiger partial charge in [0.15, 0.2) is 0 Å². The molecule has 2 aliphatic rings. The molecule has 2 rings (SSSR count). The zero-order valence-electron chi connectivity index (χ0n) is 4.98. The zero-order valence-corrected chi connectivity index (χ0v) is 4.98. The Labute approximate surface area is 49.9 Å². The van der Waals surface area contributed by atoms with Crippen molar-refractivity contribution in [1.82, 2.24) is 0 Å². The van der Waals surface area contributed by atoms with Crippen LogP contribution in [0.5, 0.6) is 0 Å². The molecule has 0 aromatic heterocycles. The highest BCUT2D eigenvalue weighted by atomic mass is 14.5. The highest BCUT2D eigenvalue weighted by Gasteiger charge is 2.45. The maximum atomic E-state index is 3.96. The molecule has 0 aromatic carbocycles. The van der Waals surface area contributed by atoms with Gasteiger partial charge in [0.05, 0.1) is 0 Å². The largest absolute Gasteiger partial charge is 0.0956 e. The van der Waals surface area contributed by atoms with Gasteiger partial charge in [-0.05, 0) is 30.3 Å². The summed E-state index contributed by atoms with van der Waals surface area (Å²) >= 11 is 0. The molecule has 2 aliphatic carbocycles. The lowest BCUT2D eigenvalue weighted by molar-refractivity contribution is 0.856. The van der Waals surface area contributed by atoms with Crippen molar-refractivity contribution in [2.45, 2.75) is 12.8 Å². The quantitative estimate of drug-likeness (QED) is 0.444. The standard InChI is InChI=1S/C8H10/c1-5-3-7-4-8(7)6(5)2/h7-8H,1-4H2. The molecule has 42 valence electrons. The molecule has 0 nitrogen and oxygen atoms in total. The molecule has 0 aromatic rings. The van der Waals surface area contributed by atoms with Crippen molar-refractivity contribution in [3.05, 3.63) is 24.3 Å². The van der Waals surface area contributed by atoms with E-state index >= 15 is 0 Å². The molecule has 0 N–H and O–H groups in total. The second-order valence-corrected chi connectivity index (χ2v) is 2.94. The summed E-state index contributed by atoms with van der Waals surface area (Å²) in [4.78, 5) is 0. The van der Waals surface area contributed by atoms with E-state index in [0.717, 1.165) is 11.8 Å². The summed E-state index contributed by atoms with van der Waals surface area (Å²) in [6.45, 7) is 7.87. The van der Waals surface area contributed by atoms with E-state index in [0.29, 0.717) is 0 Å². The smallest absolute Gasteiger partial charge is 0.0131 e. The van der Waals surface area contributed by atoms with Crippen LogP contribution in [0.25, 0.3) is 0 Å². The van der Waals surface area contributed by atoms with Crippen LogP contribution < -0.4 is 0 Å². The first-order valence-corrected chi connectivity index (χ1v) is 3.16. The number of hydrogen-bond donors (Lipinski definition) is 0. The van der Waals surface area contributed by atoms with Crippen molar-refractivity contribution in [3.8, 4) is 0 Å². The lowest BCUT2D eigenvalue weighted by Crippen LogP contribution is -1.78. The van der Waals surface area contributed by atoms with Crippen molar-refractivity contribution < 1.29 is 0 Å². The Bertz CT molecular complexity index is 165. The fourth-order valence-electron chi connectivity index (χ4n) is 1.61. The Morgan fingerprint density at radius 3 is 2.38 bits per heavy atom. The lowest BCUT2D eigenvalue weighted by Gasteiger charge is -1.95. The van der Waals surface area contributed by atoms with Crippen molar-refractivity contribution in [1.29, 1.82) is 0 Å². The second-order valence-electron chi connectivity index (χ2n) is 2.94. The molecule has 8 heavy (non-hydrogen) atoms. The van der Waals surface area contributed by atoms with E-state index in [4.69, 9.17) is 0 Å². The van der Waals surface area contributed by atoms with Gasteiger partial charge >= 0.3 is 0 Å². The van der Waals surface area contributed by atoms with Gasteiger partial charge in [-0.3, -0.25) is 0 Å². The van der Waals surface area contributed by atoms with Crippen LogP contribution in [0, 0.1) is 11.8 Å². The Hall–Kier alpha value is -0.520. The van der Waals surface area contributed by atoms with Crippen LogP contribution in [0.1, 0.15) is 12.8 Å². The van der Waals surface area contributed by atoms with Crippen LogP contribution in [0.4, 0.5) is 0 Å². The average molecular weight is 106 g/mol. The van der Waals surface area contributed by atoms with Crippen molar-refractivity contribution in [2.24, 2.45) is 11.8 Å². The molecule has 0 bridgehead atoms. The van der Waals surface area contributed by atoms with Gasteiger partial charge in [0, 0.05) is 0 Å². The molecule has 0 radical (unpaired) electrons. The van der Waals surface area contributed by atoms with Gasteiger partial charge in [0.2, 0.25) is 0 Å². The van der Waals surface area contributed by atoms with Gasteiger partial charge in [-0.1, -0.05) is 18.7 Å². The molecule has 0 saturated heterocycles. The first kappa shape index (κ1) is 4.37. The minimum atomic E-state index is 0.863. The Kier molecular flexibility index (Phi) is 0.585. The monoisotopic (exact) mass is 106 g/mol. The molecule has 2 fully saturated rings.